The number of hydrogen-bond acceptors (Lipinski definition) is 10. The predicted molar refractivity (Wildman–Crippen MR) is 198 cm³/mol. The van der Waals surface area contributed by atoms with Crippen LogP contribution in [0.15, 0.2) is 97.1 Å². The Hall–Kier alpha value is -6.04. The smallest absolute Gasteiger partial charge is 0.414 e. The first-order valence-corrected chi connectivity index (χ1v) is 17.0. The highest BCUT2D eigenvalue weighted by molar-refractivity contribution is 5.87. The number of benzene rings is 4. The zero-order valence-electron chi connectivity index (χ0n) is 30.9. The molecule has 4 aromatic carbocycles. The Bertz CT molecular complexity index is 1860. The Kier molecular flexibility index (Phi) is 13.8. The Morgan fingerprint density at radius 3 is 2.04 bits per heavy atom. The molecular weight excluding hydrogens is 680 g/mol. The molecule has 0 spiro atoms. The summed E-state index contributed by atoms with van der Waals surface area (Å²) < 4.78 is 27.4. The van der Waals surface area contributed by atoms with Gasteiger partial charge in [0.25, 0.3) is 0 Å². The van der Waals surface area contributed by atoms with Crippen LogP contribution in [0.1, 0.15) is 49.4 Å². The van der Waals surface area contributed by atoms with E-state index in [0.717, 1.165) is 11.1 Å². The van der Waals surface area contributed by atoms with Crippen molar-refractivity contribution >= 4 is 29.8 Å². The molecule has 1 N–H and O–H groups in total. The van der Waals surface area contributed by atoms with Gasteiger partial charge in [-0.05, 0) is 79.8 Å². The third kappa shape index (κ3) is 12.0. The highest BCUT2D eigenvalue weighted by Crippen LogP contribution is 2.34. The van der Waals surface area contributed by atoms with E-state index in [9.17, 15) is 24.3 Å². The molecule has 0 fully saturated rings. The third-order valence-corrected chi connectivity index (χ3v) is 8.07. The number of para-hydroxylation sites is 1. The first-order valence-electron chi connectivity index (χ1n) is 17.0. The molecule has 0 saturated heterocycles. The van der Waals surface area contributed by atoms with E-state index >= 15 is 0 Å². The van der Waals surface area contributed by atoms with Gasteiger partial charge in [-0.2, -0.15) is 0 Å². The van der Waals surface area contributed by atoms with E-state index in [1.807, 2.05) is 42.5 Å². The molecule has 0 aliphatic carbocycles. The second-order valence-electron chi connectivity index (χ2n) is 13.3. The van der Waals surface area contributed by atoms with Gasteiger partial charge in [-0.3, -0.25) is 14.6 Å². The highest BCUT2D eigenvalue weighted by atomic mass is 16.6. The lowest BCUT2D eigenvalue weighted by Crippen LogP contribution is -2.44. The number of likely N-dealkylation sites (N-methyl/N-ethyl adjacent to an activating group) is 1. The van der Waals surface area contributed by atoms with Crippen molar-refractivity contribution in [2.75, 3.05) is 26.1 Å². The Labute approximate surface area is 309 Å². The SMILES string of the molecule is COC(=O)[C@H](Cc1ccc(O)c(Oc2ccccc2CCC(=O)OCc2ccc(N(C)C(=O)OC(C)(C)C)cc2)c1)N(C)C(=O)OCc1ccccc1. The maximum atomic E-state index is 12.9. The summed E-state index contributed by atoms with van der Waals surface area (Å²) in [4.78, 5) is 53.3. The fourth-order valence-electron chi connectivity index (χ4n) is 5.11. The van der Waals surface area contributed by atoms with Gasteiger partial charge < -0.3 is 28.8 Å². The van der Waals surface area contributed by atoms with E-state index in [2.05, 4.69) is 0 Å². The van der Waals surface area contributed by atoms with E-state index in [0.29, 0.717) is 29.0 Å². The summed E-state index contributed by atoms with van der Waals surface area (Å²) in [7, 11) is 4.32. The minimum Gasteiger partial charge on any atom is -0.504 e. The topological polar surface area (TPSA) is 141 Å². The van der Waals surface area contributed by atoms with Gasteiger partial charge in [-0.25, -0.2) is 14.4 Å². The molecule has 280 valence electrons. The van der Waals surface area contributed by atoms with Crippen molar-refractivity contribution in [2.45, 2.75) is 64.9 Å². The molecule has 0 radical (unpaired) electrons. The lowest BCUT2D eigenvalue weighted by Gasteiger charge is -2.25. The third-order valence-electron chi connectivity index (χ3n) is 8.07. The molecule has 4 rings (SSSR count). The summed E-state index contributed by atoms with van der Waals surface area (Å²) in [5, 5.41) is 10.7. The first-order chi connectivity index (χ1) is 25.2. The number of phenolic OH excluding ortho intramolecular Hbond substituents is 1. The second kappa shape index (κ2) is 18.5. The van der Waals surface area contributed by atoms with Crippen LogP contribution in [0.2, 0.25) is 0 Å². The summed E-state index contributed by atoms with van der Waals surface area (Å²) in [6, 6.07) is 27.0. The van der Waals surface area contributed by atoms with Crippen molar-refractivity contribution in [2.24, 2.45) is 0 Å². The first kappa shape index (κ1) is 39.7. The Morgan fingerprint density at radius 2 is 1.36 bits per heavy atom. The largest absolute Gasteiger partial charge is 0.504 e. The molecule has 12 heteroatoms. The fraction of sp³-hybridized carbons (Fsp3) is 0.317. The van der Waals surface area contributed by atoms with Gasteiger partial charge in [-0.15, -0.1) is 0 Å². The molecule has 0 saturated carbocycles. The van der Waals surface area contributed by atoms with Gasteiger partial charge in [0.2, 0.25) is 0 Å². The minimum absolute atomic E-state index is 0.0384. The van der Waals surface area contributed by atoms with Gasteiger partial charge in [-0.1, -0.05) is 66.7 Å². The zero-order chi connectivity index (χ0) is 38.5. The molecule has 0 aromatic heterocycles. The van der Waals surface area contributed by atoms with Crippen LogP contribution in [0.4, 0.5) is 15.3 Å². The number of carbonyl (C=O) groups is 4. The van der Waals surface area contributed by atoms with E-state index in [4.69, 9.17) is 23.7 Å². The lowest BCUT2D eigenvalue weighted by atomic mass is 10.0. The standard InChI is InChI=1S/C41H46N2O10/c1-41(2,3)53-40(48)42(4)32-20-16-29(17-21-32)26-50-37(45)23-19-31-14-10-11-15-35(31)52-36-25-30(18-22-34(36)44)24-33(38(46)49-6)43(5)39(47)51-27-28-12-8-7-9-13-28/h7-18,20-22,25,33,44H,19,23-24,26-27H2,1-6H3/t33-/m0/s1. The maximum absolute atomic E-state index is 12.9. The maximum Gasteiger partial charge on any atom is 0.414 e. The number of ether oxygens (including phenoxy) is 5. The number of anilines is 1. The van der Waals surface area contributed by atoms with Crippen molar-refractivity contribution in [1.29, 1.82) is 0 Å². The van der Waals surface area contributed by atoms with Crippen LogP contribution in [-0.4, -0.2) is 67.0 Å². The summed E-state index contributed by atoms with van der Waals surface area (Å²) in [6.07, 6.45) is -0.753. The van der Waals surface area contributed by atoms with E-state index in [1.165, 1.54) is 30.0 Å². The van der Waals surface area contributed by atoms with Gasteiger partial charge in [0.15, 0.2) is 11.5 Å². The fourth-order valence-corrected chi connectivity index (χ4v) is 5.11. The zero-order valence-corrected chi connectivity index (χ0v) is 30.9. The summed E-state index contributed by atoms with van der Waals surface area (Å²) in [5.74, 6) is -0.657. The monoisotopic (exact) mass is 726 g/mol. The van der Waals surface area contributed by atoms with Crippen molar-refractivity contribution in [3.8, 4) is 17.2 Å². The van der Waals surface area contributed by atoms with Gasteiger partial charge >= 0.3 is 24.1 Å². The Morgan fingerprint density at radius 1 is 0.736 bits per heavy atom. The predicted octanol–water partition coefficient (Wildman–Crippen LogP) is 7.58. The molecule has 0 heterocycles. The molecule has 2 amide bonds. The molecule has 0 aliphatic rings. The number of esters is 2. The second-order valence-corrected chi connectivity index (χ2v) is 13.3. The number of aromatic hydroxyl groups is 1. The number of rotatable bonds is 14. The number of nitrogens with zero attached hydrogens (tertiary/aromatic N) is 2. The quantitative estimate of drug-likeness (QED) is 0.102. The molecule has 0 aliphatic heterocycles. The van der Waals surface area contributed by atoms with Crippen LogP contribution in [0.5, 0.6) is 17.2 Å². The summed E-state index contributed by atoms with van der Waals surface area (Å²) in [6.45, 7) is 5.49. The van der Waals surface area contributed by atoms with Crippen molar-refractivity contribution < 1.29 is 48.0 Å². The molecule has 12 nitrogen and oxygen atoms in total. The van der Waals surface area contributed by atoms with E-state index in [-0.39, 0.29) is 37.6 Å². The minimum atomic E-state index is -1.02. The van der Waals surface area contributed by atoms with Crippen LogP contribution in [0.3, 0.4) is 0 Å². The van der Waals surface area contributed by atoms with Crippen LogP contribution in [0.25, 0.3) is 0 Å². The van der Waals surface area contributed by atoms with Gasteiger partial charge in [0.1, 0.15) is 30.6 Å². The van der Waals surface area contributed by atoms with Gasteiger partial charge in [0.05, 0.1) is 7.11 Å². The number of hydrogen-bond donors (Lipinski definition) is 1. The average molecular weight is 727 g/mol. The molecule has 53 heavy (non-hydrogen) atoms. The number of amides is 2. The van der Waals surface area contributed by atoms with Crippen molar-refractivity contribution in [1.82, 2.24) is 4.90 Å². The number of phenols is 1. The molecule has 0 bridgehead atoms. The van der Waals surface area contributed by atoms with Crippen molar-refractivity contribution in [3.05, 3.63) is 119 Å². The highest BCUT2D eigenvalue weighted by Gasteiger charge is 2.30. The van der Waals surface area contributed by atoms with Gasteiger partial charge in [0, 0.05) is 32.6 Å². The Balaban J connectivity index is 1.35. The van der Waals surface area contributed by atoms with E-state index in [1.54, 1.807) is 76.3 Å². The molecule has 0 unspecified atom stereocenters. The summed E-state index contributed by atoms with van der Waals surface area (Å²) >= 11 is 0. The van der Waals surface area contributed by atoms with Crippen molar-refractivity contribution in [3.63, 3.8) is 0 Å². The van der Waals surface area contributed by atoms with Crippen LogP contribution >= 0.6 is 0 Å². The normalized spacial score (nSPS) is 11.5. The van der Waals surface area contributed by atoms with Crippen LogP contribution in [0, 0.1) is 0 Å². The van der Waals surface area contributed by atoms with E-state index < -0.39 is 35.8 Å². The van der Waals surface area contributed by atoms with Crippen LogP contribution < -0.4 is 9.64 Å². The number of carbonyl (C=O) groups excluding carboxylic acids is 4. The molecule has 1 atom stereocenters. The van der Waals surface area contributed by atoms with Crippen LogP contribution in [-0.2, 0) is 54.6 Å². The summed E-state index contributed by atoms with van der Waals surface area (Å²) in [5.41, 5.74) is 2.87. The molecule has 4 aromatic rings. The molecular formula is C41H46N2O10. The average Bonchev–Trinajstić information content (AvgIpc) is 3.15. The number of methoxy groups -OCH3 is 1. The lowest BCUT2D eigenvalue weighted by molar-refractivity contribution is -0.146. The number of aryl methyl sites for hydroxylation is 1.